The van der Waals surface area contributed by atoms with Crippen LogP contribution in [0.25, 0.3) is 0 Å². The van der Waals surface area contributed by atoms with Gasteiger partial charge in [0.2, 0.25) is 0 Å². The lowest BCUT2D eigenvalue weighted by atomic mass is 9.49. The van der Waals surface area contributed by atoms with Crippen LogP contribution >= 0.6 is 0 Å². The highest BCUT2D eigenvalue weighted by Crippen LogP contribution is 2.65. The summed E-state index contributed by atoms with van der Waals surface area (Å²) in [5.41, 5.74) is 1.67. The van der Waals surface area contributed by atoms with Crippen molar-refractivity contribution in [1.82, 2.24) is 0 Å². The van der Waals surface area contributed by atoms with Crippen molar-refractivity contribution >= 4 is 12.3 Å². The second-order valence-corrected chi connectivity index (χ2v) is 9.78. The second kappa shape index (κ2) is 9.02. The zero-order chi connectivity index (χ0) is 21.1. The molecule has 3 aliphatic rings. The molecule has 3 aliphatic carbocycles. The van der Waals surface area contributed by atoms with E-state index in [1.165, 1.54) is 31.3 Å². The Morgan fingerprint density at radius 2 is 2.00 bits per heavy atom. The summed E-state index contributed by atoms with van der Waals surface area (Å²) in [6, 6.07) is 0. The molecule has 6 atom stereocenters. The van der Waals surface area contributed by atoms with Gasteiger partial charge >= 0.3 is 5.97 Å². The van der Waals surface area contributed by atoms with E-state index in [1.54, 1.807) is 12.2 Å². The first-order valence-electron chi connectivity index (χ1n) is 11.6. The number of carbonyl (C=O) groups excluding carboxylic acids is 2. The molecule has 0 aromatic heterocycles. The lowest BCUT2D eigenvalue weighted by Crippen LogP contribution is -2.48. The third kappa shape index (κ3) is 4.02. The Bertz CT molecular complexity index is 703. The molecule has 29 heavy (non-hydrogen) atoms. The fourth-order valence-corrected chi connectivity index (χ4v) is 7.01. The average Bonchev–Trinajstić information content (AvgIpc) is 3.01. The minimum absolute atomic E-state index is 0.109. The number of allylic oxidation sites excluding steroid dienone is 5. The molecule has 0 amide bonds. The maximum Gasteiger partial charge on any atom is 0.330 e. The second-order valence-electron chi connectivity index (χ2n) is 9.78. The van der Waals surface area contributed by atoms with E-state index < -0.39 is 0 Å². The van der Waals surface area contributed by atoms with E-state index >= 15 is 0 Å². The third-order valence-electron chi connectivity index (χ3n) is 8.48. The van der Waals surface area contributed by atoms with Crippen molar-refractivity contribution in [2.45, 2.75) is 72.6 Å². The van der Waals surface area contributed by atoms with E-state index in [4.69, 9.17) is 4.74 Å². The van der Waals surface area contributed by atoms with Gasteiger partial charge in [-0.25, -0.2) is 4.79 Å². The van der Waals surface area contributed by atoms with E-state index in [2.05, 4.69) is 32.9 Å². The molecular formula is C26H38O3. The van der Waals surface area contributed by atoms with Crippen LogP contribution in [-0.2, 0) is 14.3 Å². The van der Waals surface area contributed by atoms with Gasteiger partial charge in [-0.3, -0.25) is 4.79 Å². The standard InChI is InChI=1S/C26H38O3/c1-5-16-25(3)20(15-18-27)10-12-21-22-13-11-19(8-7-9-24(28)29-6-2)26(22,4)17-14-23(21)25/h7,9-10,12,15,18-19,21-23H,5-6,8,11,13-14,16-17H2,1-4H3/b9-7+,20-15-/t19?,21?,22?,23?,25-,26+/m0/s1. The highest BCUT2D eigenvalue weighted by atomic mass is 16.5. The Morgan fingerprint density at radius 3 is 2.69 bits per heavy atom. The number of hydrogen-bond donors (Lipinski definition) is 0. The number of fused-ring (bicyclic) bond motifs is 3. The van der Waals surface area contributed by atoms with Gasteiger partial charge in [-0.2, -0.15) is 0 Å². The van der Waals surface area contributed by atoms with Gasteiger partial charge in [0.25, 0.3) is 0 Å². The number of rotatable bonds is 7. The Labute approximate surface area is 176 Å². The number of carbonyl (C=O) groups is 2. The number of hydrogen-bond acceptors (Lipinski definition) is 3. The van der Waals surface area contributed by atoms with Gasteiger partial charge in [0, 0.05) is 6.08 Å². The Morgan fingerprint density at radius 1 is 1.21 bits per heavy atom. The summed E-state index contributed by atoms with van der Waals surface area (Å²) >= 11 is 0. The lowest BCUT2D eigenvalue weighted by Gasteiger charge is -2.55. The van der Waals surface area contributed by atoms with Crippen molar-refractivity contribution in [1.29, 1.82) is 0 Å². The van der Waals surface area contributed by atoms with E-state index in [-0.39, 0.29) is 11.4 Å². The van der Waals surface area contributed by atoms with Crippen LogP contribution in [0, 0.1) is 34.5 Å². The van der Waals surface area contributed by atoms with Crippen molar-refractivity contribution < 1.29 is 14.3 Å². The maximum absolute atomic E-state index is 11.6. The van der Waals surface area contributed by atoms with Gasteiger partial charge in [0.15, 0.2) is 0 Å². The molecule has 0 bridgehead atoms. The predicted molar refractivity (Wildman–Crippen MR) is 117 cm³/mol. The molecule has 0 aromatic rings. The molecule has 2 saturated carbocycles. The summed E-state index contributed by atoms with van der Waals surface area (Å²) in [6.45, 7) is 9.41. The summed E-state index contributed by atoms with van der Waals surface area (Å²) in [5, 5.41) is 0. The molecule has 2 fully saturated rings. The first-order chi connectivity index (χ1) is 13.9. The molecule has 4 unspecified atom stereocenters. The quantitative estimate of drug-likeness (QED) is 0.297. The largest absolute Gasteiger partial charge is 0.463 e. The molecule has 0 N–H and O–H groups in total. The summed E-state index contributed by atoms with van der Waals surface area (Å²) < 4.78 is 5.02. The van der Waals surface area contributed by atoms with Crippen molar-refractivity contribution in [2.75, 3.05) is 6.61 Å². The Kier molecular flexibility index (Phi) is 6.86. The molecule has 0 radical (unpaired) electrons. The van der Waals surface area contributed by atoms with Crippen molar-refractivity contribution in [3.63, 3.8) is 0 Å². The minimum Gasteiger partial charge on any atom is -0.463 e. The molecule has 3 nitrogen and oxygen atoms in total. The summed E-state index contributed by atoms with van der Waals surface area (Å²) in [5.74, 6) is 2.35. The minimum atomic E-state index is -0.226. The van der Waals surface area contributed by atoms with Gasteiger partial charge < -0.3 is 4.74 Å². The topological polar surface area (TPSA) is 43.4 Å². The molecule has 160 valence electrons. The highest BCUT2D eigenvalue weighted by Gasteiger charge is 2.56. The SMILES string of the molecule is CCC[C@@]1(C)/C(=C\C=O)C=CC2C3CCC(C/C=C/C(=O)OCC)[C@@]3(C)CCC21. The van der Waals surface area contributed by atoms with Crippen LogP contribution in [0.5, 0.6) is 0 Å². The monoisotopic (exact) mass is 398 g/mol. The normalized spacial score (nSPS) is 40.1. The fraction of sp³-hybridized carbons (Fsp3) is 0.692. The third-order valence-corrected chi connectivity index (χ3v) is 8.48. The van der Waals surface area contributed by atoms with Crippen LogP contribution in [0.2, 0.25) is 0 Å². The molecule has 0 saturated heterocycles. The van der Waals surface area contributed by atoms with E-state index in [1.807, 2.05) is 13.0 Å². The van der Waals surface area contributed by atoms with Crippen LogP contribution < -0.4 is 0 Å². The van der Waals surface area contributed by atoms with Crippen molar-refractivity contribution in [3.8, 4) is 0 Å². The molecule has 0 aromatic carbocycles. The molecular weight excluding hydrogens is 360 g/mol. The highest BCUT2D eigenvalue weighted by molar-refractivity contribution is 5.81. The van der Waals surface area contributed by atoms with Crippen LogP contribution in [-0.4, -0.2) is 18.9 Å². The first-order valence-corrected chi connectivity index (χ1v) is 11.6. The molecule has 3 heteroatoms. The zero-order valence-electron chi connectivity index (χ0n) is 18.7. The molecule has 0 spiro atoms. The van der Waals surface area contributed by atoms with E-state index in [9.17, 15) is 9.59 Å². The predicted octanol–water partition coefficient (Wildman–Crippen LogP) is 6.06. The number of aldehydes is 1. The zero-order valence-corrected chi connectivity index (χ0v) is 18.7. The Hall–Kier alpha value is -1.64. The fourth-order valence-electron chi connectivity index (χ4n) is 7.01. The van der Waals surface area contributed by atoms with E-state index in [0.717, 1.165) is 25.5 Å². The van der Waals surface area contributed by atoms with Crippen LogP contribution in [0.3, 0.4) is 0 Å². The van der Waals surface area contributed by atoms with Gasteiger partial charge in [-0.05, 0) is 91.6 Å². The summed E-state index contributed by atoms with van der Waals surface area (Å²) in [4.78, 5) is 22.9. The van der Waals surface area contributed by atoms with Gasteiger partial charge in [-0.1, -0.05) is 45.4 Å². The number of ether oxygens (including phenoxy) is 1. The summed E-state index contributed by atoms with van der Waals surface area (Å²) in [7, 11) is 0. The maximum atomic E-state index is 11.6. The number of esters is 1. The molecule has 3 rings (SSSR count). The molecule has 0 heterocycles. The van der Waals surface area contributed by atoms with Crippen molar-refractivity contribution in [3.05, 3.63) is 36.0 Å². The van der Waals surface area contributed by atoms with Crippen LogP contribution in [0.4, 0.5) is 0 Å². The summed E-state index contributed by atoms with van der Waals surface area (Å²) in [6.07, 6.45) is 19.3. The smallest absolute Gasteiger partial charge is 0.330 e. The van der Waals surface area contributed by atoms with Crippen molar-refractivity contribution in [2.24, 2.45) is 34.5 Å². The molecule has 0 aliphatic heterocycles. The van der Waals surface area contributed by atoms with Crippen LogP contribution in [0.1, 0.15) is 72.6 Å². The van der Waals surface area contributed by atoms with Crippen LogP contribution in [0.15, 0.2) is 36.0 Å². The van der Waals surface area contributed by atoms with Gasteiger partial charge in [-0.15, -0.1) is 0 Å². The van der Waals surface area contributed by atoms with Gasteiger partial charge in [0.05, 0.1) is 6.61 Å². The average molecular weight is 399 g/mol. The van der Waals surface area contributed by atoms with E-state index in [0.29, 0.717) is 35.7 Å². The Balaban J connectivity index is 1.80. The lowest BCUT2D eigenvalue weighted by molar-refractivity contribution is -0.137. The first kappa shape index (κ1) is 22.1. The van der Waals surface area contributed by atoms with Gasteiger partial charge in [0.1, 0.15) is 6.29 Å².